The Labute approximate surface area is 102 Å². The van der Waals surface area contributed by atoms with Crippen LogP contribution in [0.2, 0.25) is 0 Å². The number of carbonyl (C=O) groups is 1. The largest absolute Gasteiger partial charge is 0.496 e. The van der Waals surface area contributed by atoms with Gasteiger partial charge in [-0.15, -0.1) is 0 Å². The van der Waals surface area contributed by atoms with Gasteiger partial charge in [0.25, 0.3) is 0 Å². The fourth-order valence-electron chi connectivity index (χ4n) is 1.54. The average molecular weight is 237 g/mol. The molecule has 0 radical (unpaired) electrons. The van der Waals surface area contributed by atoms with E-state index < -0.39 is 6.09 Å². The Hall–Kier alpha value is -1.71. The van der Waals surface area contributed by atoms with Crippen molar-refractivity contribution in [1.82, 2.24) is 0 Å². The Bertz CT molecular complexity index is 408. The number of benzene rings is 1. The van der Waals surface area contributed by atoms with Crippen molar-refractivity contribution < 1.29 is 14.3 Å². The second-order valence-electron chi connectivity index (χ2n) is 4.78. The molecule has 1 aromatic carbocycles. The minimum absolute atomic E-state index is 0.0564. The summed E-state index contributed by atoms with van der Waals surface area (Å²) in [4.78, 5) is 11.1. The van der Waals surface area contributed by atoms with Gasteiger partial charge in [0.1, 0.15) is 5.75 Å². The Kier molecular flexibility index (Phi) is 3.99. The molecule has 0 saturated heterocycles. The maximum atomic E-state index is 11.1. The van der Waals surface area contributed by atoms with Crippen molar-refractivity contribution in [3.05, 3.63) is 23.8 Å². The van der Waals surface area contributed by atoms with Gasteiger partial charge >= 0.3 is 6.09 Å². The summed E-state index contributed by atoms with van der Waals surface area (Å²) in [6.45, 7) is 6.27. The van der Waals surface area contributed by atoms with Crippen LogP contribution in [0.1, 0.15) is 26.3 Å². The maximum Gasteiger partial charge on any atom is 0.411 e. The molecule has 17 heavy (non-hydrogen) atoms. The van der Waals surface area contributed by atoms with Gasteiger partial charge in [0, 0.05) is 11.3 Å². The van der Waals surface area contributed by atoms with E-state index in [1.54, 1.807) is 13.2 Å². The number of rotatable bonds is 2. The standard InChI is InChI=1S/C13H19NO3/c1-13(2,3)10-8-9(14-12(15)17-5)6-7-11(10)16-4/h6-8H,1-5H3,(H,14,15). The third-order valence-electron chi connectivity index (χ3n) is 2.44. The Morgan fingerprint density at radius 2 is 1.88 bits per heavy atom. The molecule has 1 N–H and O–H groups in total. The summed E-state index contributed by atoms with van der Waals surface area (Å²) < 4.78 is 9.87. The van der Waals surface area contributed by atoms with E-state index in [-0.39, 0.29) is 5.41 Å². The number of ether oxygens (including phenoxy) is 2. The quantitative estimate of drug-likeness (QED) is 0.859. The van der Waals surface area contributed by atoms with Gasteiger partial charge in [0.2, 0.25) is 0 Å². The lowest BCUT2D eigenvalue weighted by Gasteiger charge is -2.22. The smallest absolute Gasteiger partial charge is 0.411 e. The van der Waals surface area contributed by atoms with Crippen LogP contribution in [0.25, 0.3) is 0 Å². The summed E-state index contributed by atoms with van der Waals surface area (Å²) in [6, 6.07) is 5.52. The van der Waals surface area contributed by atoms with Gasteiger partial charge in [-0.1, -0.05) is 20.8 Å². The van der Waals surface area contributed by atoms with Crippen LogP contribution in [0.15, 0.2) is 18.2 Å². The minimum Gasteiger partial charge on any atom is -0.496 e. The molecule has 0 saturated carbocycles. The van der Waals surface area contributed by atoms with Gasteiger partial charge in [-0.25, -0.2) is 4.79 Å². The highest BCUT2D eigenvalue weighted by atomic mass is 16.5. The normalized spacial score (nSPS) is 10.9. The van der Waals surface area contributed by atoms with E-state index in [0.717, 1.165) is 11.3 Å². The van der Waals surface area contributed by atoms with Gasteiger partial charge in [0.15, 0.2) is 0 Å². The molecule has 0 aliphatic carbocycles. The molecule has 0 atom stereocenters. The summed E-state index contributed by atoms with van der Waals surface area (Å²) in [6.07, 6.45) is -0.477. The molecule has 94 valence electrons. The van der Waals surface area contributed by atoms with Crippen LogP contribution in [-0.4, -0.2) is 20.3 Å². The first kappa shape index (κ1) is 13.4. The number of hydrogen-bond acceptors (Lipinski definition) is 3. The van der Waals surface area contributed by atoms with Crippen molar-refractivity contribution in [3.63, 3.8) is 0 Å². The maximum absolute atomic E-state index is 11.1. The zero-order chi connectivity index (χ0) is 13.1. The molecule has 1 aromatic rings. The third-order valence-corrected chi connectivity index (χ3v) is 2.44. The van der Waals surface area contributed by atoms with E-state index in [1.807, 2.05) is 12.1 Å². The molecule has 1 amide bonds. The first-order valence-corrected chi connectivity index (χ1v) is 5.42. The molecule has 0 spiro atoms. The number of carbonyl (C=O) groups excluding carboxylic acids is 1. The number of amides is 1. The Morgan fingerprint density at radius 3 is 2.35 bits per heavy atom. The van der Waals surface area contributed by atoms with Crippen LogP contribution >= 0.6 is 0 Å². The van der Waals surface area contributed by atoms with E-state index in [0.29, 0.717) is 5.69 Å². The fraction of sp³-hybridized carbons (Fsp3) is 0.462. The molecule has 0 fully saturated rings. The van der Waals surface area contributed by atoms with Gasteiger partial charge in [0.05, 0.1) is 14.2 Å². The lowest BCUT2D eigenvalue weighted by atomic mass is 9.86. The zero-order valence-corrected chi connectivity index (χ0v) is 11.0. The van der Waals surface area contributed by atoms with E-state index >= 15 is 0 Å². The van der Waals surface area contributed by atoms with Crippen LogP contribution in [0.3, 0.4) is 0 Å². The van der Waals surface area contributed by atoms with Crippen molar-refractivity contribution in [2.75, 3.05) is 19.5 Å². The monoisotopic (exact) mass is 237 g/mol. The van der Waals surface area contributed by atoms with Crippen LogP contribution < -0.4 is 10.1 Å². The van der Waals surface area contributed by atoms with Gasteiger partial charge in [-0.05, 0) is 23.6 Å². The van der Waals surface area contributed by atoms with Crippen LogP contribution in [0, 0.1) is 0 Å². The molecule has 0 aliphatic rings. The predicted octanol–water partition coefficient (Wildman–Crippen LogP) is 3.17. The SMILES string of the molecule is COC(=O)Nc1ccc(OC)c(C(C)(C)C)c1. The van der Waals surface area contributed by atoms with Crippen molar-refractivity contribution >= 4 is 11.8 Å². The van der Waals surface area contributed by atoms with E-state index in [9.17, 15) is 4.79 Å². The van der Waals surface area contributed by atoms with Crippen molar-refractivity contribution in [2.45, 2.75) is 26.2 Å². The fourth-order valence-corrected chi connectivity index (χ4v) is 1.54. The van der Waals surface area contributed by atoms with Gasteiger partial charge in [-0.2, -0.15) is 0 Å². The third kappa shape index (κ3) is 3.37. The summed E-state index contributed by atoms with van der Waals surface area (Å²) >= 11 is 0. The van der Waals surface area contributed by atoms with E-state index in [4.69, 9.17) is 4.74 Å². The predicted molar refractivity (Wildman–Crippen MR) is 67.7 cm³/mol. The topological polar surface area (TPSA) is 47.6 Å². The summed E-state index contributed by atoms with van der Waals surface area (Å²) in [5.41, 5.74) is 1.68. The van der Waals surface area contributed by atoms with E-state index in [2.05, 4.69) is 30.8 Å². The zero-order valence-electron chi connectivity index (χ0n) is 11.0. The first-order chi connectivity index (χ1) is 7.88. The lowest BCUT2D eigenvalue weighted by Crippen LogP contribution is -2.15. The van der Waals surface area contributed by atoms with Crippen molar-refractivity contribution in [2.24, 2.45) is 0 Å². The second kappa shape index (κ2) is 5.08. The molecule has 0 aliphatic heterocycles. The molecule has 4 heteroatoms. The average Bonchev–Trinajstić information content (AvgIpc) is 2.27. The molecule has 0 unspecified atom stereocenters. The molecule has 1 rings (SSSR count). The Morgan fingerprint density at radius 1 is 1.24 bits per heavy atom. The molecule has 0 aromatic heterocycles. The van der Waals surface area contributed by atoms with Crippen molar-refractivity contribution in [1.29, 1.82) is 0 Å². The van der Waals surface area contributed by atoms with E-state index in [1.165, 1.54) is 7.11 Å². The van der Waals surface area contributed by atoms with Gasteiger partial charge < -0.3 is 9.47 Å². The van der Waals surface area contributed by atoms with Crippen LogP contribution in [0.4, 0.5) is 10.5 Å². The number of hydrogen-bond donors (Lipinski definition) is 1. The van der Waals surface area contributed by atoms with Crippen molar-refractivity contribution in [3.8, 4) is 5.75 Å². The molecule has 0 heterocycles. The number of nitrogens with one attached hydrogen (secondary N) is 1. The molecular weight excluding hydrogens is 218 g/mol. The first-order valence-electron chi connectivity index (χ1n) is 5.42. The highest BCUT2D eigenvalue weighted by Crippen LogP contribution is 2.33. The Balaban J connectivity index is 3.09. The molecule has 0 bridgehead atoms. The van der Waals surface area contributed by atoms with Crippen LogP contribution in [-0.2, 0) is 10.2 Å². The highest BCUT2D eigenvalue weighted by Gasteiger charge is 2.19. The summed E-state index contributed by atoms with van der Waals surface area (Å²) in [7, 11) is 2.97. The molecular formula is C13H19NO3. The highest BCUT2D eigenvalue weighted by molar-refractivity contribution is 5.84. The second-order valence-corrected chi connectivity index (χ2v) is 4.78. The molecule has 4 nitrogen and oxygen atoms in total. The van der Waals surface area contributed by atoms with Gasteiger partial charge in [-0.3, -0.25) is 5.32 Å². The number of anilines is 1. The number of methoxy groups -OCH3 is 2. The lowest BCUT2D eigenvalue weighted by molar-refractivity contribution is 0.187. The summed E-state index contributed by atoms with van der Waals surface area (Å²) in [5, 5.41) is 2.64. The summed E-state index contributed by atoms with van der Waals surface area (Å²) in [5.74, 6) is 0.813. The van der Waals surface area contributed by atoms with Crippen LogP contribution in [0.5, 0.6) is 5.75 Å². The minimum atomic E-state index is -0.477.